The Hall–Kier alpha value is -4.29. The van der Waals surface area contributed by atoms with Gasteiger partial charge in [-0.15, -0.1) is 0 Å². The highest BCUT2D eigenvalue weighted by atomic mass is 16.5. The van der Waals surface area contributed by atoms with Gasteiger partial charge in [0.1, 0.15) is 13.2 Å². The van der Waals surface area contributed by atoms with E-state index in [-0.39, 0.29) is 30.4 Å². The van der Waals surface area contributed by atoms with E-state index >= 15 is 0 Å². The zero-order valence-corrected chi connectivity index (χ0v) is 29.4. The molecule has 260 valence electrons. The van der Waals surface area contributed by atoms with Gasteiger partial charge in [0.2, 0.25) is 0 Å². The van der Waals surface area contributed by atoms with Crippen LogP contribution < -0.4 is 20.2 Å². The fourth-order valence-corrected chi connectivity index (χ4v) is 4.87. The van der Waals surface area contributed by atoms with Crippen molar-refractivity contribution < 1.29 is 28.5 Å². The quantitative estimate of drug-likeness (QED) is 0.0973. The zero-order valence-electron chi connectivity index (χ0n) is 29.4. The minimum atomic E-state index is -0.533. The summed E-state index contributed by atoms with van der Waals surface area (Å²) in [6, 6.07) is 16.5. The van der Waals surface area contributed by atoms with Crippen LogP contribution in [0.1, 0.15) is 56.8 Å². The average Bonchev–Trinajstić information content (AvgIpc) is 3.07. The Morgan fingerprint density at radius 1 is 0.812 bits per heavy atom. The number of rotatable bonds is 20. The maximum absolute atomic E-state index is 13.6. The van der Waals surface area contributed by atoms with E-state index in [0.717, 1.165) is 42.9 Å². The average molecular weight is 662 g/mol. The van der Waals surface area contributed by atoms with Gasteiger partial charge in [-0.2, -0.15) is 5.10 Å². The number of amides is 2. The number of hydrazone groups is 1. The number of carbonyl (C=O) groups excluding carboxylic acids is 2. The number of methoxy groups -OCH3 is 2. The van der Waals surface area contributed by atoms with E-state index in [1.807, 2.05) is 50.2 Å². The molecule has 0 atom stereocenters. The molecule has 0 unspecified atom stereocenters. The largest absolute Gasteiger partial charge is 0.487 e. The number of hydrogen-bond acceptors (Lipinski definition) is 9. The summed E-state index contributed by atoms with van der Waals surface area (Å²) in [6.07, 6.45) is 1.57. The number of nitrogens with zero attached hydrogens (tertiary/aromatic N) is 3. The first-order chi connectivity index (χ1) is 23.2. The summed E-state index contributed by atoms with van der Waals surface area (Å²) in [6.45, 7) is 14.1. The molecule has 3 aromatic carbocycles. The first kappa shape index (κ1) is 38.2. The predicted molar refractivity (Wildman–Crippen MR) is 191 cm³/mol. The molecule has 2 amide bonds. The molecule has 0 bridgehead atoms. The molecular weight excluding hydrogens is 610 g/mol. The second-order valence-electron chi connectivity index (χ2n) is 11.5. The van der Waals surface area contributed by atoms with Gasteiger partial charge in [0, 0.05) is 45.5 Å². The predicted octanol–water partition coefficient (Wildman–Crippen LogP) is 5.14. The highest BCUT2D eigenvalue weighted by Gasteiger charge is 2.20. The van der Waals surface area contributed by atoms with Crippen molar-refractivity contribution in [2.45, 2.75) is 34.2 Å². The minimum absolute atomic E-state index is 0.152. The number of hydrogen-bond donors (Lipinski definition) is 2. The Balaban J connectivity index is 1.88. The monoisotopic (exact) mass is 661 g/mol. The molecule has 11 nitrogen and oxygen atoms in total. The normalized spacial score (nSPS) is 11.4. The molecule has 3 rings (SSSR count). The van der Waals surface area contributed by atoms with Gasteiger partial charge in [0.25, 0.3) is 11.8 Å². The number of ether oxygens (including phenoxy) is 4. The molecule has 0 aromatic heterocycles. The van der Waals surface area contributed by atoms with Crippen LogP contribution in [0.25, 0.3) is 0 Å². The van der Waals surface area contributed by atoms with E-state index < -0.39 is 5.91 Å². The van der Waals surface area contributed by atoms with Gasteiger partial charge in [0.05, 0.1) is 30.7 Å². The second kappa shape index (κ2) is 20.2. The lowest BCUT2D eigenvalue weighted by atomic mass is 10.1. The van der Waals surface area contributed by atoms with Crippen molar-refractivity contribution in [2.75, 3.05) is 79.2 Å². The Morgan fingerprint density at radius 2 is 1.50 bits per heavy atom. The van der Waals surface area contributed by atoms with Crippen molar-refractivity contribution in [1.82, 2.24) is 15.2 Å². The molecule has 0 saturated carbocycles. The van der Waals surface area contributed by atoms with Gasteiger partial charge in [-0.3, -0.25) is 9.59 Å². The van der Waals surface area contributed by atoms with Crippen molar-refractivity contribution in [3.8, 4) is 11.5 Å². The van der Waals surface area contributed by atoms with Crippen LogP contribution in [0, 0.1) is 13.8 Å². The molecule has 0 heterocycles. The van der Waals surface area contributed by atoms with E-state index in [0.29, 0.717) is 36.8 Å². The molecule has 0 fully saturated rings. The molecule has 0 aliphatic carbocycles. The maximum Gasteiger partial charge on any atom is 0.273 e. The summed E-state index contributed by atoms with van der Waals surface area (Å²) in [5.41, 5.74) is 7.58. The number of aryl methyl sites for hydroxylation is 2. The highest BCUT2D eigenvalue weighted by molar-refractivity contribution is 6.09. The van der Waals surface area contributed by atoms with Crippen LogP contribution in [-0.4, -0.2) is 102 Å². The van der Waals surface area contributed by atoms with Gasteiger partial charge in [-0.05, 0) is 74.4 Å². The van der Waals surface area contributed by atoms with E-state index in [1.54, 1.807) is 32.6 Å². The van der Waals surface area contributed by atoms with Crippen LogP contribution in [0.3, 0.4) is 0 Å². The summed E-state index contributed by atoms with van der Waals surface area (Å²) in [5.74, 6) is -0.239. The summed E-state index contributed by atoms with van der Waals surface area (Å²) in [7, 11) is 5.22. The number of nitrogens with one attached hydrogen (secondary N) is 2. The summed E-state index contributed by atoms with van der Waals surface area (Å²) in [4.78, 5) is 31.8. The molecule has 48 heavy (non-hydrogen) atoms. The minimum Gasteiger partial charge on any atom is -0.487 e. The van der Waals surface area contributed by atoms with E-state index in [2.05, 4.69) is 46.5 Å². The fourth-order valence-electron chi connectivity index (χ4n) is 4.87. The Bertz CT molecular complexity index is 1510. The van der Waals surface area contributed by atoms with E-state index in [1.165, 1.54) is 11.6 Å². The summed E-state index contributed by atoms with van der Waals surface area (Å²) >= 11 is 0. The van der Waals surface area contributed by atoms with Crippen LogP contribution in [0.2, 0.25) is 0 Å². The maximum atomic E-state index is 13.6. The summed E-state index contributed by atoms with van der Waals surface area (Å²) in [5, 5.41) is 7.10. The van der Waals surface area contributed by atoms with Crippen LogP contribution in [-0.2, 0) is 16.0 Å². The standard InChI is InChI=1S/C37H51N5O6/c1-8-42(9-2)16-15-41(5)26-30-11-10-12-31(22-30)36(43)39-33-24-35(48-20-18-46-7)34(47-19-17-45-6)23-32(33)37(44)40-38-25-29-14-13-27(3)28(4)21-29/h10-14,21-25H,8-9,15-20,26H2,1-7H3,(H,39,43)(H,40,44)/b38-25+. The topological polar surface area (TPSA) is 114 Å². The Labute approximate surface area is 285 Å². The number of benzene rings is 3. The molecular formula is C37H51N5O6. The molecule has 0 saturated heterocycles. The van der Waals surface area contributed by atoms with Crippen molar-refractivity contribution in [1.29, 1.82) is 0 Å². The zero-order chi connectivity index (χ0) is 34.9. The molecule has 0 spiro atoms. The second-order valence-corrected chi connectivity index (χ2v) is 11.5. The lowest BCUT2D eigenvalue weighted by molar-refractivity contribution is 0.0955. The van der Waals surface area contributed by atoms with Crippen molar-refractivity contribution >= 4 is 23.7 Å². The third-order valence-electron chi connectivity index (χ3n) is 7.91. The first-order valence-corrected chi connectivity index (χ1v) is 16.3. The van der Waals surface area contributed by atoms with Crippen LogP contribution in [0.4, 0.5) is 5.69 Å². The SMILES string of the molecule is CCN(CC)CCN(C)Cc1cccc(C(=O)Nc2cc(OCCOC)c(OCCOC)cc2C(=O)N/N=C/c2ccc(C)c(C)c2)c1. The van der Waals surface area contributed by atoms with Crippen LogP contribution >= 0.6 is 0 Å². The van der Waals surface area contributed by atoms with Gasteiger partial charge in [0.15, 0.2) is 11.5 Å². The van der Waals surface area contributed by atoms with Crippen LogP contribution in [0.15, 0.2) is 59.7 Å². The molecule has 2 N–H and O–H groups in total. The third kappa shape index (κ3) is 12.1. The molecule has 0 aliphatic rings. The number of likely N-dealkylation sites (N-methyl/N-ethyl adjacent to an activating group) is 2. The molecule has 3 aromatic rings. The number of carbonyl (C=O) groups is 2. The van der Waals surface area contributed by atoms with Crippen molar-refractivity contribution in [3.63, 3.8) is 0 Å². The first-order valence-electron chi connectivity index (χ1n) is 16.3. The summed E-state index contributed by atoms with van der Waals surface area (Å²) < 4.78 is 22.1. The van der Waals surface area contributed by atoms with Crippen molar-refractivity contribution in [2.24, 2.45) is 5.10 Å². The van der Waals surface area contributed by atoms with Gasteiger partial charge < -0.3 is 34.1 Å². The van der Waals surface area contributed by atoms with E-state index in [4.69, 9.17) is 18.9 Å². The molecule has 11 heteroatoms. The smallest absolute Gasteiger partial charge is 0.273 e. The molecule has 0 aliphatic heterocycles. The lowest BCUT2D eigenvalue weighted by Crippen LogP contribution is -2.32. The van der Waals surface area contributed by atoms with Crippen LogP contribution in [0.5, 0.6) is 11.5 Å². The Kier molecular flexibility index (Phi) is 16.0. The van der Waals surface area contributed by atoms with E-state index in [9.17, 15) is 9.59 Å². The van der Waals surface area contributed by atoms with Crippen molar-refractivity contribution in [3.05, 3.63) is 88.0 Å². The lowest BCUT2D eigenvalue weighted by Gasteiger charge is -2.23. The fraction of sp³-hybridized carbons (Fsp3) is 0.432. The highest BCUT2D eigenvalue weighted by Crippen LogP contribution is 2.34. The Morgan fingerprint density at radius 3 is 2.15 bits per heavy atom. The number of anilines is 1. The van der Waals surface area contributed by atoms with Gasteiger partial charge in [-0.1, -0.05) is 44.2 Å². The van der Waals surface area contributed by atoms with Gasteiger partial charge >= 0.3 is 0 Å². The molecule has 0 radical (unpaired) electrons. The van der Waals surface area contributed by atoms with Gasteiger partial charge in [-0.25, -0.2) is 5.43 Å². The third-order valence-corrected chi connectivity index (χ3v) is 7.91.